The topological polar surface area (TPSA) is 54.4 Å². The Balaban J connectivity index is 1.67. The van der Waals surface area contributed by atoms with E-state index in [4.69, 9.17) is 14.2 Å². The summed E-state index contributed by atoms with van der Waals surface area (Å²) < 4.78 is 18.1. The van der Waals surface area contributed by atoms with Crippen LogP contribution in [0.15, 0.2) is 22.7 Å². The third kappa shape index (κ3) is 3.46. The van der Waals surface area contributed by atoms with Crippen molar-refractivity contribution in [1.29, 1.82) is 0 Å². The summed E-state index contributed by atoms with van der Waals surface area (Å²) in [5, 5.41) is 11.4. The third-order valence-electron chi connectivity index (χ3n) is 5.50. The second-order valence-electron chi connectivity index (χ2n) is 6.96. The molecule has 6 nitrogen and oxygen atoms in total. The van der Waals surface area contributed by atoms with Crippen molar-refractivity contribution in [3.8, 4) is 5.75 Å². The highest BCUT2D eigenvalue weighted by Crippen LogP contribution is 2.43. The number of halogens is 1. The van der Waals surface area contributed by atoms with Crippen LogP contribution < -0.4 is 4.74 Å². The first-order valence-electron chi connectivity index (χ1n) is 8.92. The Morgan fingerprint density at radius 1 is 1.08 bits per heavy atom. The summed E-state index contributed by atoms with van der Waals surface area (Å²) in [6, 6.07) is 5.86. The van der Waals surface area contributed by atoms with Gasteiger partial charge < -0.3 is 19.3 Å². The number of fused-ring (bicyclic) bond motifs is 1. The number of benzene rings is 1. The fourth-order valence-corrected chi connectivity index (χ4v) is 4.47. The van der Waals surface area contributed by atoms with Crippen molar-refractivity contribution in [1.82, 2.24) is 9.80 Å². The van der Waals surface area contributed by atoms with Crippen LogP contribution in [0.2, 0.25) is 0 Å². The van der Waals surface area contributed by atoms with Crippen LogP contribution in [0.25, 0.3) is 0 Å². The normalized spacial score (nSPS) is 31.4. The van der Waals surface area contributed by atoms with Crippen molar-refractivity contribution in [2.45, 2.75) is 11.6 Å². The number of hydrogen-bond acceptors (Lipinski definition) is 6. The Morgan fingerprint density at radius 3 is 2.48 bits per heavy atom. The lowest BCUT2D eigenvalue weighted by molar-refractivity contribution is -0.125. The van der Waals surface area contributed by atoms with Crippen molar-refractivity contribution in [2.24, 2.45) is 0 Å². The van der Waals surface area contributed by atoms with Crippen molar-refractivity contribution in [2.75, 3.05) is 65.8 Å². The Kier molecular flexibility index (Phi) is 5.31. The van der Waals surface area contributed by atoms with Crippen LogP contribution in [0.5, 0.6) is 5.75 Å². The molecule has 1 aromatic carbocycles. The molecule has 2 saturated heterocycles. The van der Waals surface area contributed by atoms with Crippen molar-refractivity contribution in [3.63, 3.8) is 0 Å². The van der Waals surface area contributed by atoms with Gasteiger partial charge in [-0.25, -0.2) is 0 Å². The van der Waals surface area contributed by atoms with Gasteiger partial charge in [0.15, 0.2) is 0 Å². The van der Waals surface area contributed by atoms with Gasteiger partial charge >= 0.3 is 0 Å². The highest BCUT2D eigenvalue weighted by atomic mass is 79.9. The number of ether oxygens (including phenoxy) is 3. The average Bonchev–Trinajstić information content (AvgIpc) is 2.66. The molecule has 0 amide bonds. The molecule has 0 bridgehead atoms. The molecule has 3 heterocycles. The maximum absolute atomic E-state index is 11.4. The summed E-state index contributed by atoms with van der Waals surface area (Å²) in [5.41, 5.74) is 0.398. The molecular weight excluding hydrogens is 388 g/mol. The molecule has 0 saturated carbocycles. The Hall–Kier alpha value is -0.700. The molecule has 2 fully saturated rings. The molecule has 0 aliphatic carbocycles. The maximum atomic E-state index is 11.4. The van der Waals surface area contributed by atoms with Gasteiger partial charge in [0.05, 0.1) is 32.0 Å². The van der Waals surface area contributed by atoms with Gasteiger partial charge in [-0.3, -0.25) is 9.80 Å². The SMILES string of the molecule is O[C@@H]1c2cc(Br)ccc2OC[C@@]1(CN1CCOCC1)N1CCOCC1. The zero-order valence-electron chi connectivity index (χ0n) is 14.3. The largest absolute Gasteiger partial charge is 0.491 e. The highest BCUT2D eigenvalue weighted by molar-refractivity contribution is 9.10. The first kappa shape index (κ1) is 17.7. The van der Waals surface area contributed by atoms with E-state index < -0.39 is 11.6 Å². The number of hydrogen-bond donors (Lipinski definition) is 1. The van der Waals surface area contributed by atoms with E-state index in [2.05, 4.69) is 25.7 Å². The van der Waals surface area contributed by atoms with Gasteiger partial charge in [0.1, 0.15) is 18.5 Å². The van der Waals surface area contributed by atoms with Gasteiger partial charge in [0.2, 0.25) is 0 Å². The molecule has 138 valence electrons. The third-order valence-corrected chi connectivity index (χ3v) is 5.99. The van der Waals surface area contributed by atoms with Gasteiger partial charge in [0, 0.05) is 42.8 Å². The van der Waals surface area contributed by atoms with E-state index in [0.29, 0.717) is 19.8 Å². The van der Waals surface area contributed by atoms with Gasteiger partial charge in [-0.05, 0) is 18.2 Å². The quantitative estimate of drug-likeness (QED) is 0.806. The van der Waals surface area contributed by atoms with Gasteiger partial charge in [-0.15, -0.1) is 0 Å². The monoisotopic (exact) mass is 412 g/mol. The minimum Gasteiger partial charge on any atom is -0.491 e. The Labute approximate surface area is 156 Å². The number of rotatable bonds is 3. The van der Waals surface area contributed by atoms with Crippen molar-refractivity contribution >= 4 is 15.9 Å². The van der Waals surface area contributed by atoms with Crippen LogP contribution in [-0.2, 0) is 9.47 Å². The molecule has 1 N–H and O–H groups in total. The molecule has 2 atom stereocenters. The maximum Gasteiger partial charge on any atom is 0.125 e. The van der Waals surface area contributed by atoms with Crippen LogP contribution >= 0.6 is 15.9 Å². The molecule has 4 rings (SSSR count). The minimum atomic E-state index is -0.602. The summed E-state index contributed by atoms with van der Waals surface area (Å²) in [6.07, 6.45) is -0.602. The van der Waals surface area contributed by atoms with E-state index in [1.165, 1.54) is 0 Å². The summed E-state index contributed by atoms with van der Waals surface area (Å²) in [6.45, 7) is 7.56. The van der Waals surface area contributed by atoms with E-state index in [9.17, 15) is 5.11 Å². The zero-order chi connectivity index (χ0) is 17.3. The number of aliphatic hydroxyl groups excluding tert-OH is 1. The molecule has 25 heavy (non-hydrogen) atoms. The smallest absolute Gasteiger partial charge is 0.125 e. The Bertz CT molecular complexity index is 605. The second-order valence-corrected chi connectivity index (χ2v) is 7.88. The van der Waals surface area contributed by atoms with E-state index in [0.717, 1.165) is 61.7 Å². The molecule has 0 radical (unpaired) electrons. The Morgan fingerprint density at radius 2 is 1.76 bits per heavy atom. The lowest BCUT2D eigenvalue weighted by Gasteiger charge is -2.52. The van der Waals surface area contributed by atoms with Crippen molar-refractivity contribution < 1.29 is 19.3 Å². The van der Waals surface area contributed by atoms with Gasteiger partial charge in [-0.1, -0.05) is 15.9 Å². The lowest BCUT2D eigenvalue weighted by atomic mass is 9.83. The van der Waals surface area contributed by atoms with Crippen molar-refractivity contribution in [3.05, 3.63) is 28.2 Å². The second kappa shape index (κ2) is 7.50. The molecule has 0 spiro atoms. The standard InChI is InChI=1S/C18H25BrN2O4/c19-14-1-2-16-15(11-14)17(22)18(13-25-16,21-5-9-24-10-6-21)12-20-3-7-23-8-4-20/h1-2,11,17,22H,3-10,12-13H2/t17-,18-/m1/s1. The average molecular weight is 413 g/mol. The van der Waals surface area contributed by atoms with E-state index in [-0.39, 0.29) is 0 Å². The molecule has 3 aliphatic rings. The predicted molar refractivity (Wildman–Crippen MR) is 97.0 cm³/mol. The summed E-state index contributed by atoms with van der Waals surface area (Å²) in [4.78, 5) is 4.75. The van der Waals surface area contributed by atoms with Crippen LogP contribution in [0, 0.1) is 0 Å². The van der Waals surface area contributed by atoms with Crippen LogP contribution in [-0.4, -0.2) is 86.2 Å². The van der Waals surface area contributed by atoms with Crippen LogP contribution in [0.4, 0.5) is 0 Å². The molecule has 0 unspecified atom stereocenters. The lowest BCUT2D eigenvalue weighted by Crippen LogP contribution is -2.66. The molecule has 3 aliphatic heterocycles. The van der Waals surface area contributed by atoms with E-state index in [1.807, 2.05) is 18.2 Å². The number of morpholine rings is 2. The summed E-state index contributed by atoms with van der Waals surface area (Å²) >= 11 is 3.52. The molecule has 0 aromatic heterocycles. The first-order valence-corrected chi connectivity index (χ1v) is 9.71. The molecule has 7 heteroatoms. The molecular formula is C18H25BrN2O4. The zero-order valence-corrected chi connectivity index (χ0v) is 15.9. The summed E-state index contributed by atoms with van der Waals surface area (Å²) in [7, 11) is 0. The first-order chi connectivity index (χ1) is 12.2. The van der Waals surface area contributed by atoms with Crippen LogP contribution in [0.3, 0.4) is 0 Å². The van der Waals surface area contributed by atoms with Gasteiger partial charge in [0.25, 0.3) is 0 Å². The number of nitrogens with zero attached hydrogens (tertiary/aromatic N) is 2. The predicted octanol–water partition coefficient (Wildman–Crippen LogP) is 1.28. The summed E-state index contributed by atoms with van der Waals surface area (Å²) in [5.74, 6) is 0.779. The van der Waals surface area contributed by atoms with Gasteiger partial charge in [-0.2, -0.15) is 0 Å². The van der Waals surface area contributed by atoms with E-state index >= 15 is 0 Å². The van der Waals surface area contributed by atoms with Crippen LogP contribution in [0.1, 0.15) is 11.7 Å². The highest BCUT2D eigenvalue weighted by Gasteiger charge is 2.50. The van der Waals surface area contributed by atoms with E-state index in [1.54, 1.807) is 0 Å². The fourth-order valence-electron chi connectivity index (χ4n) is 4.09. The fraction of sp³-hybridized carbons (Fsp3) is 0.667. The number of aliphatic hydroxyl groups is 1. The molecule has 1 aromatic rings. The minimum absolute atomic E-state index is 0.463.